The van der Waals surface area contributed by atoms with Crippen molar-refractivity contribution in [1.29, 1.82) is 0 Å². The molecule has 0 aliphatic carbocycles. The first-order valence-corrected chi connectivity index (χ1v) is 7.39. The summed E-state index contributed by atoms with van der Waals surface area (Å²) in [6.45, 7) is 8.96. The fraction of sp³-hybridized carbons (Fsp3) is 0.400. The number of rotatable bonds is 5. The fourth-order valence-corrected chi connectivity index (χ4v) is 2.42. The number of benzene rings is 1. The van der Waals surface area contributed by atoms with Crippen LogP contribution in [-0.2, 0) is 13.1 Å². The Morgan fingerprint density at radius 3 is 2.47 bits per heavy atom. The van der Waals surface area contributed by atoms with Crippen LogP contribution in [0, 0.1) is 13.8 Å². The second-order valence-corrected chi connectivity index (χ2v) is 5.48. The average molecular weight is 322 g/mol. The van der Waals surface area contributed by atoms with Crippen molar-refractivity contribution in [3.63, 3.8) is 0 Å². The van der Waals surface area contributed by atoms with Crippen LogP contribution in [-0.4, -0.2) is 16.3 Å². The van der Waals surface area contributed by atoms with E-state index in [0.717, 1.165) is 29.8 Å². The van der Waals surface area contributed by atoms with Gasteiger partial charge in [-0.1, -0.05) is 31.2 Å². The van der Waals surface area contributed by atoms with E-state index in [-0.39, 0.29) is 0 Å². The third-order valence-corrected chi connectivity index (χ3v) is 4.44. The van der Waals surface area contributed by atoms with E-state index >= 15 is 0 Å². The Kier molecular flexibility index (Phi) is 4.77. The van der Waals surface area contributed by atoms with Gasteiger partial charge in [0.15, 0.2) is 0 Å². The van der Waals surface area contributed by atoms with Crippen LogP contribution in [0.2, 0.25) is 0 Å². The van der Waals surface area contributed by atoms with Crippen LogP contribution in [0.15, 0.2) is 28.7 Å². The average Bonchev–Trinajstić information content (AvgIpc) is 2.65. The zero-order chi connectivity index (χ0) is 13.8. The molecule has 19 heavy (non-hydrogen) atoms. The molecule has 0 aliphatic heterocycles. The highest BCUT2D eigenvalue weighted by molar-refractivity contribution is 9.10. The van der Waals surface area contributed by atoms with Crippen molar-refractivity contribution in [2.24, 2.45) is 0 Å². The van der Waals surface area contributed by atoms with E-state index < -0.39 is 0 Å². The number of aryl methyl sites for hydroxylation is 1. The Morgan fingerprint density at radius 2 is 1.89 bits per heavy atom. The molecule has 0 radical (unpaired) electrons. The van der Waals surface area contributed by atoms with Crippen molar-refractivity contribution in [3.05, 3.63) is 51.3 Å². The van der Waals surface area contributed by atoms with Crippen LogP contribution in [0.1, 0.15) is 29.4 Å². The molecule has 2 rings (SSSR count). The molecule has 1 aromatic heterocycles. The fourth-order valence-electron chi connectivity index (χ4n) is 2.13. The summed E-state index contributed by atoms with van der Waals surface area (Å²) in [5.41, 5.74) is 4.88. The maximum Gasteiger partial charge on any atom is 0.0738 e. The van der Waals surface area contributed by atoms with Crippen molar-refractivity contribution in [2.75, 3.05) is 6.54 Å². The van der Waals surface area contributed by atoms with Gasteiger partial charge in [0.05, 0.1) is 22.4 Å². The molecule has 0 saturated heterocycles. The molecule has 4 heteroatoms. The van der Waals surface area contributed by atoms with Gasteiger partial charge in [-0.3, -0.25) is 4.68 Å². The van der Waals surface area contributed by atoms with E-state index in [1.54, 1.807) is 0 Å². The van der Waals surface area contributed by atoms with E-state index in [9.17, 15) is 0 Å². The Balaban J connectivity index is 2.25. The normalized spacial score (nSPS) is 10.9. The number of nitrogens with zero attached hydrogens (tertiary/aromatic N) is 2. The molecule has 0 atom stereocenters. The molecule has 1 heterocycles. The van der Waals surface area contributed by atoms with Crippen LogP contribution in [0.5, 0.6) is 0 Å². The zero-order valence-electron chi connectivity index (χ0n) is 11.7. The van der Waals surface area contributed by atoms with Gasteiger partial charge in [-0.15, -0.1) is 0 Å². The molecule has 2 aromatic rings. The molecule has 102 valence electrons. The summed E-state index contributed by atoms with van der Waals surface area (Å²) >= 11 is 3.58. The highest BCUT2D eigenvalue weighted by Gasteiger charge is 2.10. The van der Waals surface area contributed by atoms with Gasteiger partial charge in [0, 0.05) is 6.54 Å². The van der Waals surface area contributed by atoms with E-state index in [2.05, 4.69) is 69.1 Å². The Hall–Kier alpha value is -1.13. The molecule has 0 aliphatic rings. The van der Waals surface area contributed by atoms with Crippen LogP contribution in [0.4, 0.5) is 0 Å². The molecular weight excluding hydrogens is 302 g/mol. The molecule has 1 aromatic carbocycles. The van der Waals surface area contributed by atoms with Gasteiger partial charge in [0.25, 0.3) is 0 Å². The third-order valence-electron chi connectivity index (χ3n) is 3.30. The lowest BCUT2D eigenvalue weighted by Gasteiger charge is -2.11. The lowest BCUT2D eigenvalue weighted by Crippen LogP contribution is -2.14. The maximum absolute atomic E-state index is 4.58. The van der Waals surface area contributed by atoms with Gasteiger partial charge < -0.3 is 5.32 Å². The lowest BCUT2D eigenvalue weighted by molar-refractivity contribution is 0.645. The van der Waals surface area contributed by atoms with E-state index in [0.29, 0.717) is 0 Å². The molecule has 0 spiro atoms. The number of aromatic nitrogens is 2. The highest BCUT2D eigenvalue weighted by atomic mass is 79.9. The number of halogens is 1. The summed E-state index contributed by atoms with van der Waals surface area (Å²) < 4.78 is 3.17. The smallest absolute Gasteiger partial charge is 0.0738 e. The minimum Gasteiger partial charge on any atom is -0.313 e. The van der Waals surface area contributed by atoms with Crippen LogP contribution in [0.3, 0.4) is 0 Å². The van der Waals surface area contributed by atoms with E-state index in [1.165, 1.54) is 16.8 Å². The second-order valence-electron chi connectivity index (χ2n) is 4.69. The summed E-state index contributed by atoms with van der Waals surface area (Å²) in [7, 11) is 0. The summed E-state index contributed by atoms with van der Waals surface area (Å²) in [6, 6.07) is 8.54. The van der Waals surface area contributed by atoms with Gasteiger partial charge >= 0.3 is 0 Å². The molecule has 0 fully saturated rings. The highest BCUT2D eigenvalue weighted by Crippen LogP contribution is 2.21. The predicted molar refractivity (Wildman–Crippen MR) is 82.3 cm³/mol. The van der Waals surface area contributed by atoms with Gasteiger partial charge in [-0.25, -0.2) is 0 Å². The molecule has 1 N–H and O–H groups in total. The van der Waals surface area contributed by atoms with E-state index in [1.807, 2.05) is 6.92 Å². The third kappa shape index (κ3) is 3.25. The number of nitrogens with one attached hydrogen (secondary N) is 1. The van der Waals surface area contributed by atoms with Crippen molar-refractivity contribution in [3.8, 4) is 0 Å². The SMILES string of the molecule is CCNCc1ccccc1Cn1nc(C)c(Br)c1C. The van der Waals surface area contributed by atoms with Crippen LogP contribution in [0.25, 0.3) is 0 Å². The van der Waals surface area contributed by atoms with Gasteiger partial charge in [-0.2, -0.15) is 5.10 Å². The second kappa shape index (κ2) is 6.35. The molecule has 0 amide bonds. The zero-order valence-corrected chi connectivity index (χ0v) is 13.3. The summed E-state index contributed by atoms with van der Waals surface area (Å²) in [4.78, 5) is 0. The van der Waals surface area contributed by atoms with Crippen molar-refractivity contribution in [2.45, 2.75) is 33.9 Å². The molecule has 3 nitrogen and oxygen atoms in total. The molecule has 0 unspecified atom stereocenters. The number of hydrogen-bond acceptors (Lipinski definition) is 2. The van der Waals surface area contributed by atoms with Crippen molar-refractivity contribution in [1.82, 2.24) is 15.1 Å². The van der Waals surface area contributed by atoms with Crippen LogP contribution < -0.4 is 5.32 Å². The van der Waals surface area contributed by atoms with Gasteiger partial charge in [0.2, 0.25) is 0 Å². The van der Waals surface area contributed by atoms with Gasteiger partial charge in [0.1, 0.15) is 0 Å². The first kappa shape index (κ1) is 14.3. The van der Waals surface area contributed by atoms with Crippen LogP contribution >= 0.6 is 15.9 Å². The minimum absolute atomic E-state index is 0.819. The Morgan fingerprint density at radius 1 is 1.21 bits per heavy atom. The van der Waals surface area contributed by atoms with Gasteiger partial charge in [-0.05, 0) is 47.4 Å². The van der Waals surface area contributed by atoms with E-state index in [4.69, 9.17) is 0 Å². The Bertz CT molecular complexity index is 561. The Labute approximate surface area is 123 Å². The molecule has 0 saturated carbocycles. The molecule has 0 bridgehead atoms. The maximum atomic E-state index is 4.58. The van der Waals surface area contributed by atoms with Crippen molar-refractivity contribution >= 4 is 15.9 Å². The first-order chi connectivity index (χ1) is 9.13. The summed E-state index contributed by atoms with van der Waals surface area (Å²) in [6.07, 6.45) is 0. The summed E-state index contributed by atoms with van der Waals surface area (Å²) in [5, 5.41) is 7.96. The monoisotopic (exact) mass is 321 g/mol. The largest absolute Gasteiger partial charge is 0.313 e. The predicted octanol–water partition coefficient (Wildman–Crippen LogP) is 3.42. The molecular formula is C15H20BrN3. The van der Waals surface area contributed by atoms with Crippen molar-refractivity contribution < 1.29 is 0 Å². The number of hydrogen-bond donors (Lipinski definition) is 1. The quantitative estimate of drug-likeness (QED) is 0.914. The summed E-state index contributed by atoms with van der Waals surface area (Å²) in [5.74, 6) is 0. The lowest BCUT2D eigenvalue weighted by atomic mass is 10.1. The standard InChI is InChI=1S/C15H20BrN3/c1-4-17-9-13-7-5-6-8-14(13)10-19-12(3)15(16)11(2)18-19/h5-8,17H,4,9-10H2,1-3H3. The first-order valence-electron chi connectivity index (χ1n) is 6.60. The minimum atomic E-state index is 0.819. The topological polar surface area (TPSA) is 29.9 Å².